The standard InChI is InChI=1S/C20H27N/c1-5-21-20(19-10-6-16(4)7-11-19)14-17-8-12-18(13-9-17)15(2)3/h6-13,15,20-21H,5,14H2,1-4H3. The lowest BCUT2D eigenvalue weighted by atomic mass is 9.95. The fourth-order valence-electron chi connectivity index (χ4n) is 2.63. The van der Waals surface area contributed by atoms with Crippen molar-refractivity contribution < 1.29 is 0 Å². The maximum Gasteiger partial charge on any atom is 0.0360 e. The summed E-state index contributed by atoms with van der Waals surface area (Å²) >= 11 is 0. The van der Waals surface area contributed by atoms with Crippen molar-refractivity contribution in [3.05, 3.63) is 70.8 Å². The van der Waals surface area contributed by atoms with Crippen LogP contribution in [0.5, 0.6) is 0 Å². The van der Waals surface area contributed by atoms with Gasteiger partial charge in [0.1, 0.15) is 0 Å². The van der Waals surface area contributed by atoms with Crippen LogP contribution in [0.4, 0.5) is 0 Å². The molecule has 0 aliphatic rings. The molecule has 1 nitrogen and oxygen atoms in total. The van der Waals surface area contributed by atoms with Gasteiger partial charge in [-0.15, -0.1) is 0 Å². The van der Waals surface area contributed by atoms with Crippen LogP contribution in [-0.4, -0.2) is 6.54 Å². The molecule has 0 saturated carbocycles. The van der Waals surface area contributed by atoms with Gasteiger partial charge >= 0.3 is 0 Å². The van der Waals surface area contributed by atoms with Crippen LogP contribution in [0.1, 0.15) is 55.0 Å². The minimum atomic E-state index is 0.389. The highest BCUT2D eigenvalue weighted by molar-refractivity contribution is 5.29. The lowest BCUT2D eigenvalue weighted by Crippen LogP contribution is -2.22. The van der Waals surface area contributed by atoms with E-state index in [0.717, 1.165) is 13.0 Å². The summed E-state index contributed by atoms with van der Waals surface area (Å²) in [7, 11) is 0. The topological polar surface area (TPSA) is 12.0 Å². The Labute approximate surface area is 129 Å². The zero-order valence-corrected chi connectivity index (χ0v) is 13.7. The molecule has 0 bridgehead atoms. The highest BCUT2D eigenvalue weighted by atomic mass is 14.9. The number of aryl methyl sites for hydroxylation is 1. The van der Waals surface area contributed by atoms with E-state index in [-0.39, 0.29) is 0 Å². The second-order valence-corrected chi connectivity index (χ2v) is 6.12. The van der Waals surface area contributed by atoms with E-state index in [0.29, 0.717) is 12.0 Å². The van der Waals surface area contributed by atoms with Crippen molar-refractivity contribution >= 4 is 0 Å². The fraction of sp³-hybridized carbons (Fsp3) is 0.400. The zero-order chi connectivity index (χ0) is 15.2. The van der Waals surface area contributed by atoms with E-state index >= 15 is 0 Å². The van der Waals surface area contributed by atoms with Gasteiger partial charge in [0, 0.05) is 6.04 Å². The van der Waals surface area contributed by atoms with Gasteiger partial charge in [0.2, 0.25) is 0 Å². The molecule has 1 heteroatoms. The third-order valence-electron chi connectivity index (χ3n) is 4.02. The molecular weight excluding hydrogens is 254 g/mol. The van der Waals surface area contributed by atoms with Crippen LogP contribution in [0.25, 0.3) is 0 Å². The molecule has 0 amide bonds. The van der Waals surface area contributed by atoms with Gasteiger partial charge < -0.3 is 5.32 Å². The molecule has 1 N–H and O–H groups in total. The number of likely N-dealkylation sites (N-methyl/N-ethyl adjacent to an activating group) is 1. The molecule has 0 fully saturated rings. The van der Waals surface area contributed by atoms with Crippen molar-refractivity contribution in [1.29, 1.82) is 0 Å². The Morgan fingerprint density at radius 2 is 1.43 bits per heavy atom. The molecule has 1 atom stereocenters. The van der Waals surface area contributed by atoms with Crippen molar-refractivity contribution in [3.8, 4) is 0 Å². The van der Waals surface area contributed by atoms with Crippen LogP contribution < -0.4 is 5.32 Å². The summed E-state index contributed by atoms with van der Waals surface area (Å²) in [4.78, 5) is 0. The van der Waals surface area contributed by atoms with Gasteiger partial charge in [-0.1, -0.05) is 74.9 Å². The second-order valence-electron chi connectivity index (χ2n) is 6.12. The lowest BCUT2D eigenvalue weighted by molar-refractivity contribution is 0.549. The minimum Gasteiger partial charge on any atom is -0.310 e. The highest BCUT2D eigenvalue weighted by Crippen LogP contribution is 2.21. The van der Waals surface area contributed by atoms with Gasteiger partial charge in [0.05, 0.1) is 0 Å². The van der Waals surface area contributed by atoms with Crippen molar-refractivity contribution in [3.63, 3.8) is 0 Å². The van der Waals surface area contributed by atoms with Crippen LogP contribution in [0.15, 0.2) is 48.5 Å². The Bertz CT molecular complexity index is 537. The smallest absolute Gasteiger partial charge is 0.0360 e. The van der Waals surface area contributed by atoms with E-state index in [9.17, 15) is 0 Å². The first-order chi connectivity index (χ1) is 10.1. The van der Waals surface area contributed by atoms with Crippen molar-refractivity contribution in [2.45, 2.75) is 46.1 Å². The largest absolute Gasteiger partial charge is 0.310 e. The van der Waals surface area contributed by atoms with Gasteiger partial charge in [-0.3, -0.25) is 0 Å². The highest BCUT2D eigenvalue weighted by Gasteiger charge is 2.11. The zero-order valence-electron chi connectivity index (χ0n) is 13.7. The Kier molecular flexibility index (Phi) is 5.58. The Morgan fingerprint density at radius 1 is 0.857 bits per heavy atom. The maximum atomic E-state index is 3.60. The average Bonchev–Trinajstić information content (AvgIpc) is 2.48. The predicted molar refractivity (Wildman–Crippen MR) is 91.8 cm³/mol. The lowest BCUT2D eigenvalue weighted by Gasteiger charge is -2.19. The van der Waals surface area contributed by atoms with Crippen molar-refractivity contribution in [2.24, 2.45) is 0 Å². The Hall–Kier alpha value is -1.60. The molecule has 112 valence electrons. The summed E-state index contributed by atoms with van der Waals surface area (Å²) in [5.41, 5.74) is 5.49. The fourth-order valence-corrected chi connectivity index (χ4v) is 2.63. The van der Waals surface area contributed by atoms with Crippen LogP contribution in [0, 0.1) is 6.92 Å². The van der Waals surface area contributed by atoms with E-state index in [1.807, 2.05) is 0 Å². The summed E-state index contributed by atoms with van der Waals surface area (Å²) < 4.78 is 0. The quantitative estimate of drug-likeness (QED) is 0.784. The third-order valence-corrected chi connectivity index (χ3v) is 4.02. The number of hydrogen-bond acceptors (Lipinski definition) is 1. The van der Waals surface area contributed by atoms with E-state index in [2.05, 4.69) is 81.5 Å². The van der Waals surface area contributed by atoms with Crippen molar-refractivity contribution in [2.75, 3.05) is 6.54 Å². The first kappa shape index (κ1) is 15.8. The molecule has 0 aliphatic carbocycles. The summed E-state index contributed by atoms with van der Waals surface area (Å²) in [5, 5.41) is 3.60. The molecule has 0 aromatic heterocycles. The van der Waals surface area contributed by atoms with Crippen LogP contribution >= 0.6 is 0 Å². The summed E-state index contributed by atoms with van der Waals surface area (Å²) in [6, 6.07) is 18.3. The normalized spacial score (nSPS) is 12.6. The first-order valence-corrected chi connectivity index (χ1v) is 7.99. The van der Waals surface area contributed by atoms with E-state index < -0.39 is 0 Å². The Balaban J connectivity index is 2.13. The maximum absolute atomic E-state index is 3.60. The molecule has 2 rings (SSSR count). The van der Waals surface area contributed by atoms with Gasteiger partial charge in [-0.2, -0.15) is 0 Å². The third kappa shape index (κ3) is 4.44. The molecular formula is C20H27N. The van der Waals surface area contributed by atoms with Gasteiger partial charge in [-0.05, 0) is 42.5 Å². The first-order valence-electron chi connectivity index (χ1n) is 7.99. The number of nitrogens with one attached hydrogen (secondary N) is 1. The molecule has 21 heavy (non-hydrogen) atoms. The molecule has 0 aliphatic heterocycles. The SMILES string of the molecule is CCNC(Cc1ccc(C(C)C)cc1)c1ccc(C)cc1. The molecule has 0 spiro atoms. The van der Waals surface area contributed by atoms with E-state index in [1.165, 1.54) is 22.3 Å². The average molecular weight is 281 g/mol. The summed E-state index contributed by atoms with van der Waals surface area (Å²) in [6.07, 6.45) is 1.04. The molecule has 0 heterocycles. The predicted octanol–water partition coefficient (Wildman–Crippen LogP) is 5.01. The van der Waals surface area contributed by atoms with Gasteiger partial charge in [0.25, 0.3) is 0 Å². The van der Waals surface area contributed by atoms with Gasteiger partial charge in [0.15, 0.2) is 0 Å². The molecule has 0 radical (unpaired) electrons. The van der Waals surface area contributed by atoms with Crippen LogP contribution in [-0.2, 0) is 6.42 Å². The second kappa shape index (κ2) is 7.42. The molecule has 2 aromatic carbocycles. The monoisotopic (exact) mass is 281 g/mol. The number of benzene rings is 2. The van der Waals surface area contributed by atoms with Crippen LogP contribution in [0.3, 0.4) is 0 Å². The van der Waals surface area contributed by atoms with Crippen molar-refractivity contribution in [1.82, 2.24) is 5.32 Å². The van der Waals surface area contributed by atoms with Gasteiger partial charge in [-0.25, -0.2) is 0 Å². The summed E-state index contributed by atoms with van der Waals surface area (Å²) in [6.45, 7) is 9.77. The number of hydrogen-bond donors (Lipinski definition) is 1. The molecule has 0 saturated heterocycles. The molecule has 2 aromatic rings. The number of rotatable bonds is 6. The summed E-state index contributed by atoms with van der Waals surface area (Å²) in [5.74, 6) is 0.598. The van der Waals surface area contributed by atoms with Crippen LogP contribution in [0.2, 0.25) is 0 Å². The Morgan fingerprint density at radius 3 is 1.95 bits per heavy atom. The minimum absolute atomic E-state index is 0.389. The molecule has 1 unspecified atom stereocenters. The van der Waals surface area contributed by atoms with E-state index in [4.69, 9.17) is 0 Å². The van der Waals surface area contributed by atoms with E-state index in [1.54, 1.807) is 0 Å².